The van der Waals surface area contributed by atoms with Gasteiger partial charge < -0.3 is 9.84 Å². The Hall–Kier alpha value is -1.02. The van der Waals surface area contributed by atoms with E-state index in [1.54, 1.807) is 0 Å². The molecule has 3 rings (SSSR count). The molecule has 1 aromatic rings. The Kier molecular flexibility index (Phi) is 2.62. The fraction of sp³-hybridized carbons (Fsp3) is 0.600. The van der Waals surface area contributed by atoms with Crippen molar-refractivity contribution in [3.8, 4) is 5.75 Å². The predicted molar refractivity (Wildman–Crippen MR) is 67.0 cm³/mol. The molecule has 0 saturated heterocycles. The van der Waals surface area contributed by atoms with Crippen molar-refractivity contribution in [3.63, 3.8) is 0 Å². The Morgan fingerprint density at radius 3 is 2.35 bits per heavy atom. The van der Waals surface area contributed by atoms with Gasteiger partial charge in [0.1, 0.15) is 5.75 Å². The lowest BCUT2D eigenvalue weighted by atomic mass is 9.90. The highest BCUT2D eigenvalue weighted by Gasteiger charge is 2.33. The zero-order valence-corrected chi connectivity index (χ0v) is 10.4. The van der Waals surface area contributed by atoms with E-state index in [9.17, 15) is 5.11 Å². The molecule has 1 atom stereocenters. The number of hydrogen-bond acceptors (Lipinski definition) is 2. The van der Waals surface area contributed by atoms with E-state index >= 15 is 0 Å². The smallest absolute Gasteiger partial charge is 0.119 e. The Bertz CT molecular complexity index is 386. The van der Waals surface area contributed by atoms with Crippen LogP contribution >= 0.6 is 0 Å². The first-order valence-electron chi connectivity index (χ1n) is 6.63. The van der Waals surface area contributed by atoms with Crippen LogP contribution in [-0.4, -0.2) is 11.2 Å². The van der Waals surface area contributed by atoms with E-state index in [1.165, 1.54) is 25.7 Å². The summed E-state index contributed by atoms with van der Waals surface area (Å²) in [6.45, 7) is 1.92. The maximum atomic E-state index is 10.4. The third kappa shape index (κ3) is 2.81. The van der Waals surface area contributed by atoms with E-state index in [1.807, 2.05) is 31.2 Å². The van der Waals surface area contributed by atoms with Gasteiger partial charge in [-0.15, -0.1) is 0 Å². The van der Waals surface area contributed by atoms with Gasteiger partial charge in [0, 0.05) is 0 Å². The Morgan fingerprint density at radius 1 is 1.18 bits per heavy atom. The summed E-state index contributed by atoms with van der Waals surface area (Å²) in [6, 6.07) is 7.96. The zero-order valence-electron chi connectivity index (χ0n) is 10.4. The van der Waals surface area contributed by atoms with Crippen molar-refractivity contribution in [1.82, 2.24) is 0 Å². The molecule has 2 saturated carbocycles. The second-order valence-electron chi connectivity index (χ2n) is 5.76. The highest BCUT2D eigenvalue weighted by Crippen LogP contribution is 2.40. The maximum absolute atomic E-state index is 10.4. The van der Waals surface area contributed by atoms with E-state index in [4.69, 9.17) is 4.74 Å². The highest BCUT2D eigenvalue weighted by molar-refractivity contribution is 5.31. The van der Waals surface area contributed by atoms with E-state index in [0.717, 1.165) is 23.7 Å². The first-order valence-corrected chi connectivity index (χ1v) is 6.63. The van der Waals surface area contributed by atoms with Crippen LogP contribution in [0.3, 0.4) is 0 Å². The largest absolute Gasteiger partial charge is 0.490 e. The maximum Gasteiger partial charge on any atom is 0.119 e. The number of rotatable bonds is 5. The fourth-order valence-electron chi connectivity index (χ4n) is 2.27. The molecule has 0 radical (unpaired) electrons. The second kappa shape index (κ2) is 4.02. The Balaban J connectivity index is 1.68. The van der Waals surface area contributed by atoms with Gasteiger partial charge in [0.2, 0.25) is 0 Å². The van der Waals surface area contributed by atoms with Crippen LogP contribution in [0.1, 0.15) is 44.6 Å². The average molecular weight is 232 g/mol. The molecule has 1 N–H and O–H groups in total. The van der Waals surface area contributed by atoms with Crippen molar-refractivity contribution in [3.05, 3.63) is 29.8 Å². The van der Waals surface area contributed by atoms with Gasteiger partial charge in [-0.25, -0.2) is 0 Å². The van der Waals surface area contributed by atoms with Gasteiger partial charge in [-0.3, -0.25) is 0 Å². The summed E-state index contributed by atoms with van der Waals surface area (Å²) in [5, 5.41) is 10.4. The van der Waals surface area contributed by atoms with Gasteiger partial charge in [0.25, 0.3) is 0 Å². The summed E-state index contributed by atoms with van der Waals surface area (Å²) in [5.41, 5.74) is 0.326. The topological polar surface area (TPSA) is 29.5 Å². The molecule has 2 heteroatoms. The molecule has 2 aliphatic carbocycles. The van der Waals surface area contributed by atoms with Gasteiger partial charge in [0.15, 0.2) is 0 Å². The molecule has 1 aromatic carbocycles. The quantitative estimate of drug-likeness (QED) is 0.844. The average Bonchev–Trinajstić information content (AvgIpc) is 3.15. The van der Waals surface area contributed by atoms with Crippen LogP contribution in [0, 0.1) is 5.92 Å². The van der Waals surface area contributed by atoms with Crippen molar-refractivity contribution < 1.29 is 9.84 Å². The number of benzene rings is 1. The minimum atomic E-state index is -0.681. The Morgan fingerprint density at radius 2 is 1.82 bits per heavy atom. The number of aliphatic hydroxyl groups is 1. The number of ether oxygens (including phenoxy) is 1. The lowest BCUT2D eigenvalue weighted by Gasteiger charge is -2.24. The number of hydrogen-bond donors (Lipinski definition) is 1. The first-order chi connectivity index (χ1) is 8.13. The van der Waals surface area contributed by atoms with Crippen LogP contribution in [0.5, 0.6) is 5.75 Å². The molecule has 0 heterocycles. The van der Waals surface area contributed by atoms with Crippen molar-refractivity contribution in [2.45, 2.75) is 50.7 Å². The molecule has 0 bridgehead atoms. The first kappa shape index (κ1) is 11.1. The van der Waals surface area contributed by atoms with Crippen molar-refractivity contribution in [2.24, 2.45) is 5.92 Å². The van der Waals surface area contributed by atoms with Crippen LogP contribution in [-0.2, 0) is 5.60 Å². The van der Waals surface area contributed by atoms with E-state index in [2.05, 4.69) is 0 Å². The molecule has 0 aromatic heterocycles. The summed E-state index contributed by atoms with van der Waals surface area (Å²) < 4.78 is 5.70. The van der Waals surface area contributed by atoms with Gasteiger partial charge in [-0.1, -0.05) is 25.0 Å². The molecule has 0 amide bonds. The predicted octanol–water partition coefficient (Wildman–Crippen LogP) is 3.24. The van der Waals surface area contributed by atoms with Crippen LogP contribution in [0.15, 0.2) is 24.3 Å². The molecule has 2 nitrogen and oxygen atoms in total. The van der Waals surface area contributed by atoms with E-state index in [0.29, 0.717) is 6.10 Å². The standard InChI is InChI=1S/C15H20O2/c1-15(16,10-11-2-3-11)12-4-6-13(7-5-12)17-14-8-9-14/h4-7,11,14,16H,2-3,8-10H2,1H3. The van der Waals surface area contributed by atoms with Gasteiger partial charge in [-0.2, -0.15) is 0 Å². The fourth-order valence-corrected chi connectivity index (χ4v) is 2.27. The molecule has 0 aliphatic heterocycles. The van der Waals surface area contributed by atoms with E-state index < -0.39 is 5.60 Å². The highest BCUT2D eigenvalue weighted by atomic mass is 16.5. The monoisotopic (exact) mass is 232 g/mol. The molecular formula is C15H20O2. The molecule has 92 valence electrons. The third-order valence-electron chi connectivity index (χ3n) is 3.69. The van der Waals surface area contributed by atoms with Crippen molar-refractivity contribution in [1.29, 1.82) is 0 Å². The minimum Gasteiger partial charge on any atom is -0.490 e. The molecular weight excluding hydrogens is 212 g/mol. The normalized spacial score (nSPS) is 23.2. The molecule has 2 fully saturated rings. The SMILES string of the molecule is CC(O)(CC1CC1)c1ccc(OC2CC2)cc1. The molecule has 2 aliphatic rings. The molecule has 1 unspecified atom stereocenters. The van der Waals surface area contributed by atoms with Crippen LogP contribution in [0.2, 0.25) is 0 Å². The summed E-state index contributed by atoms with van der Waals surface area (Å²) in [5.74, 6) is 1.66. The minimum absolute atomic E-state index is 0.438. The van der Waals surface area contributed by atoms with Gasteiger partial charge in [-0.05, 0) is 49.8 Å². The summed E-state index contributed by atoms with van der Waals surface area (Å²) in [4.78, 5) is 0. The van der Waals surface area contributed by atoms with Crippen LogP contribution < -0.4 is 4.74 Å². The second-order valence-corrected chi connectivity index (χ2v) is 5.76. The van der Waals surface area contributed by atoms with Gasteiger partial charge in [0.05, 0.1) is 11.7 Å². The van der Waals surface area contributed by atoms with Gasteiger partial charge >= 0.3 is 0 Å². The lowest BCUT2D eigenvalue weighted by Crippen LogP contribution is -2.21. The zero-order chi connectivity index (χ0) is 11.9. The third-order valence-corrected chi connectivity index (χ3v) is 3.69. The lowest BCUT2D eigenvalue weighted by molar-refractivity contribution is 0.0417. The van der Waals surface area contributed by atoms with Crippen molar-refractivity contribution >= 4 is 0 Å². The summed E-state index contributed by atoms with van der Waals surface area (Å²) >= 11 is 0. The van der Waals surface area contributed by atoms with Crippen LogP contribution in [0.25, 0.3) is 0 Å². The van der Waals surface area contributed by atoms with E-state index in [-0.39, 0.29) is 0 Å². The molecule has 0 spiro atoms. The van der Waals surface area contributed by atoms with Crippen LogP contribution in [0.4, 0.5) is 0 Å². The van der Waals surface area contributed by atoms with Crippen molar-refractivity contribution in [2.75, 3.05) is 0 Å². The summed E-state index contributed by atoms with van der Waals surface area (Å²) in [6.07, 6.45) is 6.24. The summed E-state index contributed by atoms with van der Waals surface area (Å²) in [7, 11) is 0. The Labute approximate surface area is 103 Å². The molecule has 17 heavy (non-hydrogen) atoms.